The Bertz CT molecular complexity index is 258. The molecule has 0 aromatic carbocycles. The number of rotatable bonds is 2. The zero-order valence-corrected chi connectivity index (χ0v) is 8.89. The molecule has 0 heterocycles. The summed E-state index contributed by atoms with van der Waals surface area (Å²) in [6.07, 6.45) is 6.17. The summed E-state index contributed by atoms with van der Waals surface area (Å²) in [6, 6.07) is 1.88. The van der Waals surface area contributed by atoms with Crippen molar-refractivity contribution >= 4 is 5.71 Å². The van der Waals surface area contributed by atoms with E-state index in [-0.39, 0.29) is 11.8 Å². The molecule has 2 unspecified atom stereocenters. The first-order chi connectivity index (χ1) is 7.26. The zero-order chi connectivity index (χ0) is 11.1. The monoisotopic (exact) mass is 210 g/mol. The predicted octanol–water partition coefficient (Wildman–Crippen LogP) is 2.06. The molecule has 4 heteroatoms. The molecular formula is C11H18N2O2. The van der Waals surface area contributed by atoms with Crippen LogP contribution in [0.15, 0.2) is 5.16 Å². The molecule has 0 aromatic rings. The molecule has 1 fully saturated rings. The number of hydrogen-bond donors (Lipinski definition) is 2. The van der Waals surface area contributed by atoms with Crippen LogP contribution in [0.1, 0.15) is 44.9 Å². The molecular weight excluding hydrogens is 192 g/mol. The Labute approximate surface area is 90.2 Å². The average molecular weight is 210 g/mol. The lowest BCUT2D eigenvalue weighted by molar-refractivity contribution is 0.131. The summed E-state index contributed by atoms with van der Waals surface area (Å²) in [5.41, 5.74) is 0.204. The van der Waals surface area contributed by atoms with Crippen LogP contribution in [0.3, 0.4) is 0 Å². The van der Waals surface area contributed by atoms with Gasteiger partial charge in [-0.15, -0.1) is 0 Å². The van der Waals surface area contributed by atoms with E-state index in [1.807, 2.05) is 6.07 Å². The molecule has 0 amide bonds. The Hall–Kier alpha value is -1.08. The second-order valence-corrected chi connectivity index (χ2v) is 4.24. The first kappa shape index (κ1) is 12.0. The Balaban J connectivity index is 2.43. The molecule has 0 spiro atoms. The molecule has 1 aliphatic carbocycles. The highest BCUT2D eigenvalue weighted by Gasteiger charge is 2.17. The largest absolute Gasteiger partial charge is 0.410 e. The van der Waals surface area contributed by atoms with E-state index in [1.54, 1.807) is 0 Å². The fourth-order valence-corrected chi connectivity index (χ4v) is 2.12. The number of hydrogen-bond acceptors (Lipinski definition) is 4. The lowest BCUT2D eigenvalue weighted by atomic mass is 9.87. The van der Waals surface area contributed by atoms with Crippen molar-refractivity contribution in [1.29, 1.82) is 5.26 Å². The molecule has 1 saturated carbocycles. The topological polar surface area (TPSA) is 76.6 Å². The Morgan fingerprint density at radius 1 is 1.27 bits per heavy atom. The van der Waals surface area contributed by atoms with Gasteiger partial charge in [-0.05, 0) is 25.2 Å². The highest BCUT2D eigenvalue weighted by Crippen LogP contribution is 2.25. The summed E-state index contributed by atoms with van der Waals surface area (Å²) < 4.78 is 0. The Morgan fingerprint density at radius 2 is 2.00 bits per heavy atom. The second-order valence-electron chi connectivity index (χ2n) is 4.24. The summed E-state index contributed by atoms with van der Waals surface area (Å²) in [5, 5.41) is 29.7. The summed E-state index contributed by atoms with van der Waals surface area (Å²) in [5.74, 6) is 0.380. The van der Waals surface area contributed by atoms with Gasteiger partial charge in [0, 0.05) is 6.42 Å². The standard InChI is InChI=1S/C11H18N2O2/c12-8-10(13-15)7-9-3-1-2-4-11(14)6-5-9/h9,11,14-15H,1-7H2/b13-10-. The molecule has 1 rings (SSSR count). The summed E-state index contributed by atoms with van der Waals surface area (Å²) in [6.45, 7) is 0. The molecule has 0 radical (unpaired) electrons. The maximum absolute atomic E-state index is 9.54. The third kappa shape index (κ3) is 4.30. The van der Waals surface area contributed by atoms with E-state index >= 15 is 0 Å². The highest BCUT2D eigenvalue weighted by molar-refractivity contribution is 5.98. The van der Waals surface area contributed by atoms with Crippen molar-refractivity contribution in [2.75, 3.05) is 0 Å². The number of nitriles is 1. The van der Waals surface area contributed by atoms with E-state index < -0.39 is 0 Å². The van der Waals surface area contributed by atoms with Gasteiger partial charge < -0.3 is 10.3 Å². The van der Waals surface area contributed by atoms with Crippen molar-refractivity contribution in [3.05, 3.63) is 0 Å². The third-order valence-electron chi connectivity index (χ3n) is 3.04. The molecule has 0 aliphatic heterocycles. The van der Waals surface area contributed by atoms with Gasteiger partial charge in [-0.1, -0.05) is 24.4 Å². The first-order valence-corrected chi connectivity index (χ1v) is 5.55. The van der Waals surface area contributed by atoms with E-state index in [2.05, 4.69) is 5.16 Å². The maximum atomic E-state index is 9.54. The van der Waals surface area contributed by atoms with E-state index in [4.69, 9.17) is 10.5 Å². The first-order valence-electron chi connectivity index (χ1n) is 5.55. The van der Waals surface area contributed by atoms with Gasteiger partial charge in [0.2, 0.25) is 0 Å². The Morgan fingerprint density at radius 3 is 2.67 bits per heavy atom. The number of aliphatic hydroxyl groups excluding tert-OH is 1. The summed E-state index contributed by atoms with van der Waals surface area (Å²) in [7, 11) is 0. The van der Waals surface area contributed by atoms with Crippen LogP contribution < -0.4 is 0 Å². The van der Waals surface area contributed by atoms with Crippen LogP contribution in [0.5, 0.6) is 0 Å². The summed E-state index contributed by atoms with van der Waals surface area (Å²) >= 11 is 0. The van der Waals surface area contributed by atoms with Gasteiger partial charge in [0.15, 0.2) is 5.71 Å². The lowest BCUT2D eigenvalue weighted by Crippen LogP contribution is -2.15. The SMILES string of the molecule is N#C/C(CC1CCCCC(O)CC1)=N\O. The molecule has 84 valence electrons. The van der Waals surface area contributed by atoms with Gasteiger partial charge in [-0.25, -0.2) is 0 Å². The number of nitrogens with zero attached hydrogens (tertiary/aromatic N) is 2. The quantitative estimate of drug-likeness (QED) is 0.416. The lowest BCUT2D eigenvalue weighted by Gasteiger charge is -2.21. The molecule has 4 nitrogen and oxygen atoms in total. The Kier molecular flexibility index (Phi) is 5.13. The minimum Gasteiger partial charge on any atom is -0.410 e. The van der Waals surface area contributed by atoms with Crippen LogP contribution >= 0.6 is 0 Å². The fraction of sp³-hybridized carbons (Fsp3) is 0.818. The third-order valence-corrected chi connectivity index (χ3v) is 3.04. The van der Waals surface area contributed by atoms with Crippen LogP contribution in [0.25, 0.3) is 0 Å². The predicted molar refractivity (Wildman–Crippen MR) is 56.7 cm³/mol. The van der Waals surface area contributed by atoms with Gasteiger partial charge in [-0.2, -0.15) is 5.26 Å². The van der Waals surface area contributed by atoms with Gasteiger partial charge in [0.05, 0.1) is 6.10 Å². The molecule has 2 N–H and O–H groups in total. The average Bonchev–Trinajstić information content (AvgIpc) is 2.23. The van der Waals surface area contributed by atoms with Crippen LogP contribution in [0.2, 0.25) is 0 Å². The van der Waals surface area contributed by atoms with Crippen molar-refractivity contribution in [3.63, 3.8) is 0 Å². The van der Waals surface area contributed by atoms with E-state index in [0.29, 0.717) is 12.3 Å². The smallest absolute Gasteiger partial charge is 0.157 e. The van der Waals surface area contributed by atoms with Crippen molar-refractivity contribution in [1.82, 2.24) is 0 Å². The van der Waals surface area contributed by atoms with Crippen LogP contribution in [0, 0.1) is 17.2 Å². The second kappa shape index (κ2) is 6.41. The molecule has 0 bridgehead atoms. The van der Waals surface area contributed by atoms with E-state index in [1.165, 1.54) is 0 Å². The van der Waals surface area contributed by atoms with Crippen molar-refractivity contribution in [3.8, 4) is 6.07 Å². The van der Waals surface area contributed by atoms with Gasteiger partial charge in [0.1, 0.15) is 6.07 Å². The molecule has 0 saturated heterocycles. The molecule has 15 heavy (non-hydrogen) atoms. The fourth-order valence-electron chi connectivity index (χ4n) is 2.12. The van der Waals surface area contributed by atoms with Crippen molar-refractivity contribution in [2.24, 2.45) is 11.1 Å². The number of oxime groups is 1. The van der Waals surface area contributed by atoms with Gasteiger partial charge >= 0.3 is 0 Å². The maximum Gasteiger partial charge on any atom is 0.157 e. The van der Waals surface area contributed by atoms with Crippen LogP contribution in [0.4, 0.5) is 0 Å². The van der Waals surface area contributed by atoms with Gasteiger partial charge in [0.25, 0.3) is 0 Å². The van der Waals surface area contributed by atoms with Crippen LogP contribution in [-0.2, 0) is 0 Å². The van der Waals surface area contributed by atoms with Crippen LogP contribution in [-0.4, -0.2) is 22.1 Å². The minimum absolute atomic E-state index is 0.190. The minimum atomic E-state index is -0.190. The molecule has 1 aliphatic rings. The van der Waals surface area contributed by atoms with E-state index in [0.717, 1.165) is 38.5 Å². The van der Waals surface area contributed by atoms with Gasteiger partial charge in [-0.3, -0.25) is 0 Å². The van der Waals surface area contributed by atoms with Crippen molar-refractivity contribution < 1.29 is 10.3 Å². The summed E-state index contributed by atoms with van der Waals surface area (Å²) in [4.78, 5) is 0. The molecule has 2 atom stereocenters. The normalized spacial score (nSPS) is 28.9. The molecule has 0 aromatic heterocycles. The van der Waals surface area contributed by atoms with E-state index in [9.17, 15) is 5.11 Å². The zero-order valence-electron chi connectivity index (χ0n) is 8.89. The highest BCUT2D eigenvalue weighted by atomic mass is 16.4. The van der Waals surface area contributed by atoms with Crippen molar-refractivity contribution in [2.45, 2.75) is 51.0 Å². The number of aliphatic hydroxyl groups is 1.